The van der Waals surface area contributed by atoms with E-state index in [1.54, 1.807) is 11.6 Å². The zero-order chi connectivity index (χ0) is 23.6. The van der Waals surface area contributed by atoms with Crippen LogP contribution in [0, 0.1) is 5.92 Å². The summed E-state index contributed by atoms with van der Waals surface area (Å²) in [5.74, 6) is 0.176. The molecule has 33 heavy (non-hydrogen) atoms. The van der Waals surface area contributed by atoms with Crippen LogP contribution in [0.4, 0.5) is 11.5 Å². The van der Waals surface area contributed by atoms with Crippen LogP contribution in [0.3, 0.4) is 0 Å². The number of piperidine rings is 1. The minimum atomic E-state index is -3.64. The van der Waals surface area contributed by atoms with Gasteiger partial charge in [-0.05, 0) is 30.2 Å². The second-order valence-corrected chi connectivity index (χ2v) is 9.88. The summed E-state index contributed by atoms with van der Waals surface area (Å²) in [5.41, 5.74) is 8.74. The van der Waals surface area contributed by atoms with Gasteiger partial charge in [-0.1, -0.05) is 6.07 Å². The number of ether oxygens (including phenoxy) is 1. The SMILES string of the molecule is COc1cccc(Nc2ncnn3ccc(CN4CC[C@@H](N)[C@@H](C(=O)NS(C)(=O)=O)C4)c23)c1. The van der Waals surface area contributed by atoms with Gasteiger partial charge in [-0.15, -0.1) is 0 Å². The normalized spacial score (nSPS) is 19.4. The number of anilines is 2. The Balaban J connectivity index is 1.56. The third-order valence-electron chi connectivity index (χ3n) is 5.64. The average Bonchev–Trinajstić information content (AvgIpc) is 3.18. The summed E-state index contributed by atoms with van der Waals surface area (Å²) in [6, 6.07) is 9.10. The van der Waals surface area contributed by atoms with Crippen molar-refractivity contribution in [3.63, 3.8) is 0 Å². The maximum absolute atomic E-state index is 12.5. The number of nitrogens with zero attached hydrogens (tertiary/aromatic N) is 4. The molecule has 0 aliphatic carbocycles. The van der Waals surface area contributed by atoms with Crippen molar-refractivity contribution in [1.29, 1.82) is 0 Å². The molecule has 0 saturated carbocycles. The Bertz CT molecular complexity index is 1260. The first-order chi connectivity index (χ1) is 15.7. The van der Waals surface area contributed by atoms with Gasteiger partial charge >= 0.3 is 0 Å². The van der Waals surface area contributed by atoms with Crippen LogP contribution in [0.5, 0.6) is 5.75 Å². The molecule has 4 rings (SSSR count). The van der Waals surface area contributed by atoms with E-state index < -0.39 is 27.9 Å². The summed E-state index contributed by atoms with van der Waals surface area (Å²) in [7, 11) is -2.03. The van der Waals surface area contributed by atoms with Crippen LogP contribution in [-0.2, 0) is 21.4 Å². The van der Waals surface area contributed by atoms with E-state index in [1.165, 1.54) is 6.33 Å². The van der Waals surface area contributed by atoms with Crippen molar-refractivity contribution in [2.45, 2.75) is 19.0 Å². The van der Waals surface area contributed by atoms with Gasteiger partial charge in [0, 0.05) is 43.6 Å². The lowest BCUT2D eigenvalue weighted by atomic mass is 9.92. The molecular formula is C21H27N7O4S. The number of methoxy groups -OCH3 is 1. The Labute approximate surface area is 192 Å². The first kappa shape index (κ1) is 23.0. The third-order valence-corrected chi connectivity index (χ3v) is 6.21. The molecule has 11 nitrogen and oxygen atoms in total. The number of fused-ring (bicyclic) bond motifs is 1. The highest BCUT2D eigenvalue weighted by atomic mass is 32.2. The molecule has 4 N–H and O–H groups in total. The number of nitrogens with one attached hydrogen (secondary N) is 2. The van der Waals surface area contributed by atoms with Crippen LogP contribution in [-0.4, -0.2) is 66.3 Å². The van der Waals surface area contributed by atoms with Crippen molar-refractivity contribution in [3.05, 3.63) is 48.4 Å². The summed E-state index contributed by atoms with van der Waals surface area (Å²) in [5, 5.41) is 7.62. The molecule has 3 heterocycles. The van der Waals surface area contributed by atoms with Crippen LogP contribution in [0.15, 0.2) is 42.9 Å². The number of likely N-dealkylation sites (tertiary alicyclic amines) is 1. The summed E-state index contributed by atoms with van der Waals surface area (Å²) >= 11 is 0. The Morgan fingerprint density at radius 1 is 1.33 bits per heavy atom. The molecule has 2 atom stereocenters. The highest BCUT2D eigenvalue weighted by molar-refractivity contribution is 7.89. The second kappa shape index (κ2) is 9.33. The predicted molar refractivity (Wildman–Crippen MR) is 124 cm³/mol. The van der Waals surface area contributed by atoms with Crippen molar-refractivity contribution < 1.29 is 17.9 Å². The summed E-state index contributed by atoms with van der Waals surface area (Å²) in [6.45, 7) is 1.58. The van der Waals surface area contributed by atoms with E-state index in [0.29, 0.717) is 31.9 Å². The third kappa shape index (κ3) is 5.41. The van der Waals surface area contributed by atoms with Crippen LogP contribution in [0.25, 0.3) is 5.52 Å². The van der Waals surface area contributed by atoms with Crippen molar-refractivity contribution >= 4 is 33.0 Å². The quantitative estimate of drug-likeness (QED) is 0.452. The highest BCUT2D eigenvalue weighted by Gasteiger charge is 2.33. The number of hydrogen-bond donors (Lipinski definition) is 3. The maximum Gasteiger partial charge on any atom is 0.239 e. The summed E-state index contributed by atoms with van der Waals surface area (Å²) in [6.07, 6.45) is 4.87. The maximum atomic E-state index is 12.5. The van der Waals surface area contributed by atoms with Crippen LogP contribution < -0.4 is 20.5 Å². The molecule has 1 amide bonds. The van der Waals surface area contributed by atoms with Crippen LogP contribution >= 0.6 is 0 Å². The van der Waals surface area contributed by atoms with Gasteiger partial charge in [0.05, 0.1) is 19.3 Å². The summed E-state index contributed by atoms with van der Waals surface area (Å²) < 4.78 is 32.1. The molecule has 1 aliphatic heterocycles. The molecule has 0 spiro atoms. The van der Waals surface area contributed by atoms with Gasteiger partial charge in [-0.3, -0.25) is 14.4 Å². The van der Waals surface area contributed by atoms with E-state index in [2.05, 4.69) is 25.0 Å². The molecule has 1 fully saturated rings. The largest absolute Gasteiger partial charge is 0.497 e. The molecule has 1 aliphatic rings. The first-order valence-electron chi connectivity index (χ1n) is 10.5. The number of carbonyl (C=O) groups excluding carboxylic acids is 1. The number of nitrogens with two attached hydrogens (primary N) is 1. The van der Waals surface area contributed by atoms with E-state index in [9.17, 15) is 13.2 Å². The number of rotatable bonds is 7. The number of hydrogen-bond acceptors (Lipinski definition) is 9. The monoisotopic (exact) mass is 473 g/mol. The lowest BCUT2D eigenvalue weighted by Crippen LogP contribution is -2.53. The van der Waals surface area contributed by atoms with Gasteiger partial charge in [0.25, 0.3) is 0 Å². The van der Waals surface area contributed by atoms with Gasteiger partial charge in [-0.25, -0.2) is 17.9 Å². The molecule has 1 saturated heterocycles. The fourth-order valence-corrected chi connectivity index (χ4v) is 4.55. The standard InChI is InChI=1S/C21H27N7O4S/c1-32-16-5-3-4-15(10-16)25-20-19-14(6-9-28(19)24-13-23-20)11-27-8-7-18(22)17(12-27)21(29)26-33(2,30)31/h3-6,9-10,13,17-18H,7-8,11-12,22H2,1-2H3,(H,26,29)(H,23,24,25)/t17-,18+/m0/s1. The minimum Gasteiger partial charge on any atom is -0.497 e. The fourth-order valence-electron chi connectivity index (χ4n) is 4.03. The van der Waals surface area contributed by atoms with Gasteiger partial charge in [-0.2, -0.15) is 5.10 Å². The van der Waals surface area contributed by atoms with Gasteiger partial charge in [0.15, 0.2) is 5.82 Å². The van der Waals surface area contributed by atoms with Crippen LogP contribution in [0.2, 0.25) is 0 Å². The Kier molecular flexibility index (Phi) is 6.49. The molecule has 12 heteroatoms. The van der Waals surface area contributed by atoms with Crippen molar-refractivity contribution in [3.8, 4) is 5.75 Å². The van der Waals surface area contributed by atoms with Crippen molar-refractivity contribution in [2.24, 2.45) is 11.7 Å². The zero-order valence-corrected chi connectivity index (χ0v) is 19.2. The van der Waals surface area contributed by atoms with E-state index in [-0.39, 0.29) is 0 Å². The van der Waals surface area contributed by atoms with E-state index in [4.69, 9.17) is 10.5 Å². The second-order valence-electron chi connectivity index (χ2n) is 8.13. The molecule has 176 valence electrons. The number of aromatic nitrogens is 3. The Morgan fingerprint density at radius 2 is 2.15 bits per heavy atom. The Morgan fingerprint density at radius 3 is 2.91 bits per heavy atom. The predicted octanol–water partition coefficient (Wildman–Crippen LogP) is 0.707. The zero-order valence-electron chi connectivity index (χ0n) is 18.4. The fraction of sp³-hybridized carbons (Fsp3) is 0.381. The number of carbonyl (C=O) groups is 1. The molecule has 0 radical (unpaired) electrons. The molecule has 0 bridgehead atoms. The van der Waals surface area contributed by atoms with Crippen molar-refractivity contribution in [1.82, 2.24) is 24.2 Å². The molecule has 1 aromatic carbocycles. The van der Waals surface area contributed by atoms with E-state index >= 15 is 0 Å². The average molecular weight is 474 g/mol. The van der Waals surface area contributed by atoms with Gasteiger partial charge in [0.2, 0.25) is 15.9 Å². The smallest absolute Gasteiger partial charge is 0.239 e. The number of sulfonamides is 1. The van der Waals surface area contributed by atoms with Crippen molar-refractivity contribution in [2.75, 3.05) is 31.8 Å². The van der Waals surface area contributed by atoms with Crippen LogP contribution in [0.1, 0.15) is 12.0 Å². The Hall–Kier alpha value is -3.22. The molecule has 2 aromatic heterocycles. The highest BCUT2D eigenvalue weighted by Crippen LogP contribution is 2.27. The topological polar surface area (TPSA) is 144 Å². The minimum absolute atomic E-state index is 0.353. The van der Waals surface area contributed by atoms with E-state index in [0.717, 1.165) is 28.8 Å². The lowest BCUT2D eigenvalue weighted by molar-refractivity contribution is -0.125. The molecule has 3 aromatic rings. The molecular weight excluding hydrogens is 446 g/mol. The summed E-state index contributed by atoms with van der Waals surface area (Å²) in [4.78, 5) is 19.0. The first-order valence-corrected chi connectivity index (χ1v) is 12.3. The number of benzene rings is 1. The van der Waals surface area contributed by atoms with Gasteiger partial charge in [0.1, 0.15) is 17.6 Å². The number of amides is 1. The molecule has 0 unspecified atom stereocenters. The lowest BCUT2D eigenvalue weighted by Gasteiger charge is -2.35. The van der Waals surface area contributed by atoms with E-state index in [1.807, 2.05) is 36.5 Å². The van der Waals surface area contributed by atoms with Gasteiger partial charge < -0.3 is 15.8 Å².